The number of ketones is 1. The lowest BCUT2D eigenvalue weighted by molar-refractivity contribution is -0.150. The van der Waals surface area contributed by atoms with Gasteiger partial charge in [0.2, 0.25) is 11.8 Å². The van der Waals surface area contributed by atoms with E-state index in [1.165, 1.54) is 6.92 Å². The Morgan fingerprint density at radius 2 is 1.38 bits per heavy atom. The molecule has 2 amide bonds. The second-order valence-corrected chi connectivity index (χ2v) is 11.4. The molecule has 1 saturated carbocycles. The number of amides is 2. The highest BCUT2D eigenvalue weighted by atomic mass is 35.5. The number of anilines is 2. The fraction of sp³-hybridized carbons (Fsp3) is 0.323. The fourth-order valence-electron chi connectivity index (χ4n) is 5.41. The first-order valence-electron chi connectivity index (χ1n) is 12.8. The largest absolute Gasteiger partial charge is 0.389 e. The zero-order chi connectivity index (χ0) is 28.6. The molecule has 0 spiro atoms. The molecule has 4 unspecified atom stereocenters. The van der Waals surface area contributed by atoms with Gasteiger partial charge in [0.1, 0.15) is 11.7 Å². The van der Waals surface area contributed by atoms with Crippen molar-refractivity contribution in [1.29, 1.82) is 0 Å². The molecular formula is C31H32Cl2N2O4. The minimum atomic E-state index is -1.73. The quantitative estimate of drug-likeness (QED) is 0.305. The Kier molecular flexibility index (Phi) is 8.22. The molecule has 1 aliphatic carbocycles. The van der Waals surface area contributed by atoms with Crippen LogP contribution in [-0.4, -0.2) is 28.3 Å². The zero-order valence-corrected chi connectivity index (χ0v) is 24.1. The van der Waals surface area contributed by atoms with Crippen LogP contribution in [0.2, 0.25) is 10.0 Å². The van der Waals surface area contributed by atoms with Crippen LogP contribution in [0.15, 0.2) is 54.6 Å². The van der Waals surface area contributed by atoms with Gasteiger partial charge in [0.05, 0.1) is 21.6 Å². The molecule has 1 aliphatic rings. The van der Waals surface area contributed by atoms with E-state index in [2.05, 4.69) is 10.6 Å². The number of hydrogen-bond acceptors (Lipinski definition) is 4. The van der Waals surface area contributed by atoms with Crippen LogP contribution in [0.4, 0.5) is 11.4 Å². The van der Waals surface area contributed by atoms with Crippen LogP contribution in [0, 0.1) is 39.5 Å². The summed E-state index contributed by atoms with van der Waals surface area (Å²) in [5, 5.41) is 17.9. The summed E-state index contributed by atoms with van der Waals surface area (Å²) in [5.41, 5.74) is 3.63. The Morgan fingerprint density at radius 3 is 1.92 bits per heavy atom. The minimum Gasteiger partial charge on any atom is -0.389 e. The Hall–Kier alpha value is -3.19. The molecular weight excluding hydrogens is 535 g/mol. The van der Waals surface area contributed by atoms with Crippen molar-refractivity contribution >= 4 is 52.2 Å². The molecule has 4 rings (SSSR count). The average molecular weight is 568 g/mol. The Bertz CT molecular complexity index is 1470. The molecule has 0 bridgehead atoms. The third-order valence-corrected chi connectivity index (χ3v) is 8.62. The molecule has 8 heteroatoms. The molecule has 0 heterocycles. The van der Waals surface area contributed by atoms with Crippen molar-refractivity contribution in [2.45, 2.75) is 52.6 Å². The van der Waals surface area contributed by atoms with Crippen molar-refractivity contribution in [1.82, 2.24) is 0 Å². The molecule has 0 aromatic heterocycles. The number of aryl methyl sites for hydroxylation is 2. The van der Waals surface area contributed by atoms with Crippen molar-refractivity contribution in [3.8, 4) is 0 Å². The van der Waals surface area contributed by atoms with Crippen molar-refractivity contribution < 1.29 is 19.5 Å². The van der Waals surface area contributed by atoms with Crippen molar-refractivity contribution in [3.63, 3.8) is 0 Å². The number of carbonyl (C=O) groups is 3. The average Bonchev–Trinajstić information content (AvgIpc) is 2.85. The molecule has 204 valence electrons. The van der Waals surface area contributed by atoms with Gasteiger partial charge in [-0.15, -0.1) is 0 Å². The van der Waals surface area contributed by atoms with Gasteiger partial charge in [-0.1, -0.05) is 53.5 Å². The van der Waals surface area contributed by atoms with E-state index in [0.717, 1.165) is 22.3 Å². The summed E-state index contributed by atoms with van der Waals surface area (Å²) in [5.74, 6) is -4.93. The van der Waals surface area contributed by atoms with Crippen LogP contribution in [-0.2, 0) is 14.4 Å². The highest BCUT2D eigenvalue weighted by Gasteiger charge is 2.56. The summed E-state index contributed by atoms with van der Waals surface area (Å²) >= 11 is 12.5. The van der Waals surface area contributed by atoms with Crippen molar-refractivity contribution in [3.05, 3.63) is 92.5 Å². The second-order valence-electron chi connectivity index (χ2n) is 10.6. The maximum Gasteiger partial charge on any atom is 0.235 e. The number of benzene rings is 3. The van der Waals surface area contributed by atoms with Gasteiger partial charge in [0, 0.05) is 23.7 Å². The lowest BCUT2D eigenvalue weighted by atomic mass is 9.61. The Morgan fingerprint density at radius 1 is 0.846 bits per heavy atom. The van der Waals surface area contributed by atoms with Gasteiger partial charge in [0.25, 0.3) is 0 Å². The van der Waals surface area contributed by atoms with E-state index < -0.39 is 41.0 Å². The maximum absolute atomic E-state index is 13.9. The predicted molar refractivity (Wildman–Crippen MR) is 156 cm³/mol. The molecule has 3 aromatic rings. The normalized spacial score (nSPS) is 22.9. The molecule has 0 radical (unpaired) electrons. The standard InChI is InChI=1S/C31H32Cl2N2O4/c1-16-8-6-10-23(18(16)3)34-29(37)27-25(36)15-31(5,39)28(26(27)20-12-13-21(32)22(33)14-20)30(38)35-24-11-7-9-17(2)19(24)4/h6-14,26-28,39H,15H2,1-5H3,(H,34,37)(H,35,38). The topological polar surface area (TPSA) is 95.5 Å². The number of halogens is 2. The molecule has 6 nitrogen and oxygen atoms in total. The number of rotatable bonds is 5. The van der Waals surface area contributed by atoms with Gasteiger partial charge >= 0.3 is 0 Å². The summed E-state index contributed by atoms with van der Waals surface area (Å²) in [7, 11) is 0. The monoisotopic (exact) mass is 566 g/mol. The van der Waals surface area contributed by atoms with Crippen LogP contribution in [0.3, 0.4) is 0 Å². The molecule has 39 heavy (non-hydrogen) atoms. The van der Waals surface area contributed by atoms with E-state index in [4.69, 9.17) is 23.2 Å². The maximum atomic E-state index is 13.9. The number of carbonyl (C=O) groups excluding carboxylic acids is 3. The zero-order valence-electron chi connectivity index (χ0n) is 22.6. The van der Waals surface area contributed by atoms with Crippen LogP contribution < -0.4 is 10.6 Å². The second kappa shape index (κ2) is 11.1. The molecule has 1 fully saturated rings. The smallest absolute Gasteiger partial charge is 0.235 e. The van der Waals surface area contributed by atoms with Gasteiger partial charge in [-0.25, -0.2) is 0 Å². The summed E-state index contributed by atoms with van der Waals surface area (Å²) < 4.78 is 0. The third-order valence-electron chi connectivity index (χ3n) is 7.89. The first-order valence-corrected chi connectivity index (χ1v) is 13.5. The van der Waals surface area contributed by atoms with Gasteiger partial charge in [-0.05, 0) is 86.7 Å². The summed E-state index contributed by atoms with van der Waals surface area (Å²) in [6.45, 7) is 9.11. The van der Waals surface area contributed by atoms with Crippen molar-refractivity contribution in [2.24, 2.45) is 11.8 Å². The van der Waals surface area contributed by atoms with Crippen LogP contribution in [0.25, 0.3) is 0 Å². The van der Waals surface area contributed by atoms with Gasteiger partial charge < -0.3 is 15.7 Å². The number of aliphatic hydroxyl groups is 1. The molecule has 0 aliphatic heterocycles. The predicted octanol–water partition coefficient (Wildman–Crippen LogP) is 6.54. The first kappa shape index (κ1) is 28.8. The number of nitrogens with one attached hydrogen (secondary N) is 2. The highest BCUT2D eigenvalue weighted by Crippen LogP contribution is 2.47. The lowest BCUT2D eigenvalue weighted by Crippen LogP contribution is -2.56. The number of hydrogen-bond donors (Lipinski definition) is 3. The third kappa shape index (κ3) is 5.74. The fourth-order valence-corrected chi connectivity index (χ4v) is 5.71. The van der Waals surface area contributed by atoms with Crippen molar-refractivity contribution in [2.75, 3.05) is 10.6 Å². The highest BCUT2D eigenvalue weighted by molar-refractivity contribution is 6.42. The molecule has 4 atom stereocenters. The molecule has 3 aromatic carbocycles. The number of Topliss-reactive ketones (excluding diaryl/α,β-unsaturated/α-hetero) is 1. The first-order chi connectivity index (χ1) is 18.3. The summed E-state index contributed by atoms with van der Waals surface area (Å²) in [4.78, 5) is 41.3. The van der Waals surface area contributed by atoms with E-state index in [0.29, 0.717) is 22.0 Å². The van der Waals surface area contributed by atoms with E-state index in [1.807, 2.05) is 52.0 Å². The lowest BCUT2D eigenvalue weighted by Gasteiger charge is -2.44. The van der Waals surface area contributed by atoms with E-state index in [-0.39, 0.29) is 11.4 Å². The van der Waals surface area contributed by atoms with E-state index >= 15 is 0 Å². The van der Waals surface area contributed by atoms with Gasteiger partial charge in [-0.3, -0.25) is 14.4 Å². The summed E-state index contributed by atoms with van der Waals surface area (Å²) in [6, 6.07) is 15.8. The van der Waals surface area contributed by atoms with Crippen LogP contribution >= 0.6 is 23.2 Å². The Balaban J connectivity index is 1.82. The van der Waals surface area contributed by atoms with E-state index in [1.54, 1.807) is 30.3 Å². The Labute approximate surface area is 238 Å². The molecule has 0 saturated heterocycles. The summed E-state index contributed by atoms with van der Waals surface area (Å²) in [6.07, 6.45) is -0.361. The van der Waals surface area contributed by atoms with Crippen LogP contribution in [0.1, 0.15) is 47.1 Å². The molecule has 3 N–H and O–H groups in total. The van der Waals surface area contributed by atoms with Gasteiger partial charge in [-0.2, -0.15) is 0 Å². The SMILES string of the molecule is Cc1cccc(NC(=O)C2C(=O)CC(C)(O)C(C(=O)Nc3cccc(C)c3C)C2c2ccc(Cl)c(Cl)c2)c1C. The minimum absolute atomic E-state index is 0.217. The van der Waals surface area contributed by atoms with Crippen LogP contribution in [0.5, 0.6) is 0 Å². The van der Waals surface area contributed by atoms with E-state index in [9.17, 15) is 19.5 Å². The van der Waals surface area contributed by atoms with Gasteiger partial charge in [0.15, 0.2) is 0 Å².